The number of fused-ring (bicyclic) bond motifs is 1. The van der Waals surface area contributed by atoms with Gasteiger partial charge >= 0.3 is 0 Å². The van der Waals surface area contributed by atoms with E-state index >= 15 is 0 Å². The van der Waals surface area contributed by atoms with Gasteiger partial charge in [0, 0.05) is 18.6 Å². The average Bonchev–Trinajstić information content (AvgIpc) is 2.84. The van der Waals surface area contributed by atoms with Gasteiger partial charge in [0.25, 0.3) is 0 Å². The number of aryl methyl sites for hydroxylation is 1. The zero-order chi connectivity index (χ0) is 13.2. The minimum atomic E-state index is 0.508. The summed E-state index contributed by atoms with van der Waals surface area (Å²) in [7, 11) is 0. The van der Waals surface area contributed by atoms with Gasteiger partial charge < -0.3 is 5.32 Å². The highest BCUT2D eigenvalue weighted by molar-refractivity contribution is 5.62. The first-order valence-corrected chi connectivity index (χ1v) is 7.30. The Morgan fingerprint density at radius 1 is 1.26 bits per heavy atom. The Labute approximate surface area is 115 Å². The number of anilines is 1. The molecule has 2 unspecified atom stereocenters. The van der Waals surface area contributed by atoms with E-state index in [4.69, 9.17) is 0 Å². The smallest absolute Gasteiger partial charge is 0.101 e. The molecule has 0 radical (unpaired) electrons. The Bertz CT molecular complexity index is 503. The van der Waals surface area contributed by atoms with Crippen LogP contribution in [0.25, 0.3) is 0 Å². The molecule has 0 aliphatic carbocycles. The van der Waals surface area contributed by atoms with Crippen molar-refractivity contribution in [2.45, 2.75) is 44.7 Å². The van der Waals surface area contributed by atoms with Crippen molar-refractivity contribution in [1.29, 1.82) is 5.26 Å². The second-order valence-corrected chi connectivity index (χ2v) is 5.75. The Balaban J connectivity index is 1.80. The minimum absolute atomic E-state index is 0.508. The summed E-state index contributed by atoms with van der Waals surface area (Å²) in [6, 6.07) is 9.43. The Morgan fingerprint density at radius 2 is 2.16 bits per heavy atom. The molecular formula is C16H21N3. The van der Waals surface area contributed by atoms with Crippen molar-refractivity contribution in [1.82, 2.24) is 4.90 Å². The number of nitrogens with zero attached hydrogens (tertiary/aromatic N) is 2. The van der Waals surface area contributed by atoms with Gasteiger partial charge in [0.15, 0.2) is 0 Å². The largest absolute Gasteiger partial charge is 0.379 e. The molecule has 1 aromatic rings. The summed E-state index contributed by atoms with van der Waals surface area (Å²) in [5, 5.41) is 12.9. The number of hydrogen-bond acceptors (Lipinski definition) is 3. The molecule has 19 heavy (non-hydrogen) atoms. The number of benzene rings is 1. The Kier molecular flexibility index (Phi) is 3.44. The van der Waals surface area contributed by atoms with Crippen LogP contribution in [0.5, 0.6) is 0 Å². The van der Waals surface area contributed by atoms with E-state index in [-0.39, 0.29) is 0 Å². The molecule has 2 atom stereocenters. The summed E-state index contributed by atoms with van der Waals surface area (Å²) in [5.74, 6) is 0. The summed E-state index contributed by atoms with van der Waals surface area (Å²) in [6.07, 6.45) is 5.19. The second kappa shape index (κ2) is 5.22. The molecule has 0 amide bonds. The fraction of sp³-hybridized carbons (Fsp3) is 0.562. The van der Waals surface area contributed by atoms with Crippen LogP contribution in [0.2, 0.25) is 0 Å². The third kappa shape index (κ3) is 2.33. The van der Waals surface area contributed by atoms with Gasteiger partial charge in [-0.3, -0.25) is 4.90 Å². The van der Waals surface area contributed by atoms with Crippen LogP contribution in [0.15, 0.2) is 18.2 Å². The maximum Gasteiger partial charge on any atom is 0.101 e. The van der Waals surface area contributed by atoms with Crippen molar-refractivity contribution in [2.75, 3.05) is 18.4 Å². The molecule has 2 fully saturated rings. The van der Waals surface area contributed by atoms with E-state index in [1.54, 1.807) is 0 Å². The lowest BCUT2D eigenvalue weighted by molar-refractivity contribution is 0.192. The lowest BCUT2D eigenvalue weighted by atomic mass is 9.98. The third-order valence-electron chi connectivity index (χ3n) is 4.58. The van der Waals surface area contributed by atoms with E-state index in [1.165, 1.54) is 44.3 Å². The van der Waals surface area contributed by atoms with Gasteiger partial charge in [0.2, 0.25) is 0 Å². The van der Waals surface area contributed by atoms with Crippen LogP contribution in [0, 0.1) is 18.3 Å². The number of piperidine rings is 1. The van der Waals surface area contributed by atoms with Gasteiger partial charge in [-0.25, -0.2) is 0 Å². The minimum Gasteiger partial charge on any atom is -0.379 e. The SMILES string of the molecule is Cc1cccc(C#N)c1NC1CCN2CCCCC12. The van der Waals surface area contributed by atoms with Gasteiger partial charge in [0.05, 0.1) is 11.3 Å². The van der Waals surface area contributed by atoms with Crippen molar-refractivity contribution >= 4 is 5.69 Å². The average molecular weight is 255 g/mol. The maximum atomic E-state index is 9.25. The molecule has 0 aromatic heterocycles. The molecule has 3 nitrogen and oxygen atoms in total. The molecule has 3 heteroatoms. The molecule has 3 rings (SSSR count). The molecule has 2 aliphatic rings. The van der Waals surface area contributed by atoms with Crippen molar-refractivity contribution in [3.05, 3.63) is 29.3 Å². The maximum absolute atomic E-state index is 9.25. The molecule has 100 valence electrons. The molecular weight excluding hydrogens is 234 g/mol. The number of para-hydroxylation sites is 1. The third-order valence-corrected chi connectivity index (χ3v) is 4.58. The number of nitrogens with one attached hydrogen (secondary N) is 1. The predicted molar refractivity (Wildman–Crippen MR) is 77.1 cm³/mol. The monoisotopic (exact) mass is 255 g/mol. The summed E-state index contributed by atoms with van der Waals surface area (Å²) in [4.78, 5) is 2.62. The van der Waals surface area contributed by atoms with Crippen molar-refractivity contribution in [2.24, 2.45) is 0 Å². The quantitative estimate of drug-likeness (QED) is 0.883. The zero-order valence-corrected chi connectivity index (χ0v) is 11.5. The number of hydrogen-bond donors (Lipinski definition) is 1. The highest BCUT2D eigenvalue weighted by atomic mass is 15.2. The first kappa shape index (κ1) is 12.5. The summed E-state index contributed by atoms with van der Waals surface area (Å²) in [5.41, 5.74) is 2.99. The molecule has 1 aromatic carbocycles. The van der Waals surface area contributed by atoms with E-state index in [0.717, 1.165) is 11.3 Å². The fourth-order valence-corrected chi connectivity index (χ4v) is 3.55. The van der Waals surface area contributed by atoms with E-state index in [0.29, 0.717) is 12.1 Å². The summed E-state index contributed by atoms with van der Waals surface area (Å²) in [6.45, 7) is 4.54. The van der Waals surface area contributed by atoms with Crippen LogP contribution in [0.3, 0.4) is 0 Å². The van der Waals surface area contributed by atoms with E-state index in [1.807, 2.05) is 12.1 Å². The van der Waals surface area contributed by atoms with Crippen LogP contribution < -0.4 is 5.32 Å². The molecule has 1 N–H and O–H groups in total. The molecule has 2 heterocycles. The Hall–Kier alpha value is -1.53. The molecule has 0 spiro atoms. The molecule has 2 aliphatic heterocycles. The molecule has 0 saturated carbocycles. The summed E-state index contributed by atoms with van der Waals surface area (Å²) < 4.78 is 0. The van der Waals surface area contributed by atoms with Gasteiger partial charge in [-0.1, -0.05) is 18.6 Å². The van der Waals surface area contributed by atoms with Crippen LogP contribution in [0.4, 0.5) is 5.69 Å². The summed E-state index contributed by atoms with van der Waals surface area (Å²) >= 11 is 0. The van der Waals surface area contributed by atoms with E-state index in [9.17, 15) is 5.26 Å². The second-order valence-electron chi connectivity index (χ2n) is 5.75. The van der Waals surface area contributed by atoms with Crippen LogP contribution in [-0.4, -0.2) is 30.1 Å². The highest BCUT2D eigenvalue weighted by Gasteiger charge is 2.35. The van der Waals surface area contributed by atoms with Crippen LogP contribution in [0.1, 0.15) is 36.8 Å². The number of nitriles is 1. The van der Waals surface area contributed by atoms with Gasteiger partial charge in [-0.2, -0.15) is 5.26 Å². The lowest BCUT2D eigenvalue weighted by Crippen LogP contribution is -2.41. The van der Waals surface area contributed by atoms with Gasteiger partial charge in [-0.15, -0.1) is 0 Å². The number of rotatable bonds is 2. The first-order chi connectivity index (χ1) is 9.29. The normalized spacial score (nSPS) is 26.7. The van der Waals surface area contributed by atoms with E-state index in [2.05, 4.69) is 29.3 Å². The molecule has 0 bridgehead atoms. The van der Waals surface area contributed by atoms with Crippen molar-refractivity contribution in [3.63, 3.8) is 0 Å². The molecule has 2 saturated heterocycles. The van der Waals surface area contributed by atoms with E-state index < -0.39 is 0 Å². The van der Waals surface area contributed by atoms with Crippen molar-refractivity contribution in [3.8, 4) is 6.07 Å². The van der Waals surface area contributed by atoms with Gasteiger partial charge in [-0.05, 0) is 44.4 Å². The first-order valence-electron chi connectivity index (χ1n) is 7.30. The van der Waals surface area contributed by atoms with Crippen LogP contribution >= 0.6 is 0 Å². The van der Waals surface area contributed by atoms with Crippen molar-refractivity contribution < 1.29 is 0 Å². The lowest BCUT2D eigenvalue weighted by Gasteiger charge is -2.33. The van der Waals surface area contributed by atoms with Crippen LogP contribution in [-0.2, 0) is 0 Å². The predicted octanol–water partition coefficient (Wildman–Crippen LogP) is 2.91. The Morgan fingerprint density at radius 3 is 3.00 bits per heavy atom. The fourth-order valence-electron chi connectivity index (χ4n) is 3.55. The zero-order valence-electron chi connectivity index (χ0n) is 11.5. The standard InChI is InChI=1S/C16H21N3/c1-12-5-4-6-13(11-17)16(12)18-14-8-10-19-9-3-2-7-15(14)19/h4-6,14-15,18H,2-3,7-10H2,1H3. The van der Waals surface area contributed by atoms with Gasteiger partial charge in [0.1, 0.15) is 6.07 Å². The highest BCUT2D eigenvalue weighted by Crippen LogP contribution is 2.31. The topological polar surface area (TPSA) is 39.1 Å².